The standard InChI is InChI=1S/C13H15N3O3S2/c14-21(18,19)12-5-1-3-10(7-12)16-13(17)9-15-8-11-4-2-6-20-11/h1-7,15H,8-9H2,(H,16,17)(H2,14,18,19). The Labute approximate surface area is 127 Å². The Bertz CT molecular complexity index is 712. The Hall–Kier alpha value is -1.74. The molecule has 0 aliphatic rings. The minimum atomic E-state index is -3.77. The monoisotopic (exact) mass is 325 g/mol. The first-order chi connectivity index (χ1) is 9.95. The number of nitrogens with one attached hydrogen (secondary N) is 2. The van der Waals surface area contributed by atoms with Crippen LogP contribution in [0.1, 0.15) is 4.88 Å². The molecule has 0 saturated carbocycles. The molecule has 0 saturated heterocycles. The summed E-state index contributed by atoms with van der Waals surface area (Å²) in [5.74, 6) is -0.252. The molecule has 0 aliphatic heterocycles. The lowest BCUT2D eigenvalue weighted by Crippen LogP contribution is -2.27. The van der Waals surface area contributed by atoms with E-state index in [1.165, 1.54) is 18.2 Å². The van der Waals surface area contributed by atoms with Crippen LogP contribution in [0.5, 0.6) is 0 Å². The molecular weight excluding hydrogens is 310 g/mol. The number of anilines is 1. The molecule has 0 unspecified atom stereocenters. The number of nitrogens with two attached hydrogens (primary N) is 1. The molecule has 1 aromatic heterocycles. The molecule has 2 rings (SSSR count). The fraction of sp³-hybridized carbons (Fsp3) is 0.154. The number of rotatable bonds is 6. The number of carbonyl (C=O) groups excluding carboxylic acids is 1. The van der Waals surface area contributed by atoms with E-state index in [4.69, 9.17) is 5.14 Å². The Morgan fingerprint density at radius 3 is 2.71 bits per heavy atom. The van der Waals surface area contributed by atoms with Gasteiger partial charge in [-0.15, -0.1) is 11.3 Å². The lowest BCUT2D eigenvalue weighted by Gasteiger charge is -2.07. The molecule has 4 N–H and O–H groups in total. The summed E-state index contributed by atoms with van der Waals surface area (Å²) in [5.41, 5.74) is 0.393. The van der Waals surface area contributed by atoms with Gasteiger partial charge in [0.1, 0.15) is 0 Å². The van der Waals surface area contributed by atoms with Gasteiger partial charge < -0.3 is 10.6 Å². The van der Waals surface area contributed by atoms with E-state index < -0.39 is 10.0 Å². The van der Waals surface area contributed by atoms with Gasteiger partial charge in [-0.05, 0) is 29.6 Å². The minimum absolute atomic E-state index is 0.0353. The molecule has 6 nitrogen and oxygen atoms in total. The third kappa shape index (κ3) is 4.94. The van der Waals surface area contributed by atoms with Crippen LogP contribution in [0.3, 0.4) is 0 Å². The van der Waals surface area contributed by atoms with E-state index in [0.29, 0.717) is 12.2 Å². The molecule has 21 heavy (non-hydrogen) atoms. The van der Waals surface area contributed by atoms with Crippen LogP contribution in [-0.2, 0) is 21.4 Å². The van der Waals surface area contributed by atoms with Gasteiger partial charge in [0.25, 0.3) is 0 Å². The summed E-state index contributed by atoms with van der Waals surface area (Å²) in [7, 11) is -3.77. The summed E-state index contributed by atoms with van der Waals surface area (Å²) >= 11 is 1.61. The van der Waals surface area contributed by atoms with Gasteiger partial charge in [-0.1, -0.05) is 12.1 Å². The quantitative estimate of drug-likeness (QED) is 0.741. The molecule has 2 aromatic rings. The van der Waals surface area contributed by atoms with E-state index in [1.807, 2.05) is 17.5 Å². The van der Waals surface area contributed by atoms with Crippen molar-refractivity contribution in [1.29, 1.82) is 0 Å². The highest BCUT2D eigenvalue weighted by Gasteiger charge is 2.09. The van der Waals surface area contributed by atoms with Gasteiger partial charge in [0.15, 0.2) is 0 Å². The maximum absolute atomic E-state index is 11.8. The molecule has 8 heteroatoms. The molecule has 1 heterocycles. The zero-order valence-corrected chi connectivity index (χ0v) is 12.7. The van der Waals surface area contributed by atoms with Crippen LogP contribution in [0.15, 0.2) is 46.7 Å². The summed E-state index contributed by atoms with van der Waals surface area (Å²) < 4.78 is 22.5. The number of hydrogen-bond donors (Lipinski definition) is 3. The van der Waals surface area contributed by atoms with E-state index in [9.17, 15) is 13.2 Å². The smallest absolute Gasteiger partial charge is 0.238 e. The van der Waals surface area contributed by atoms with Crippen molar-refractivity contribution in [2.75, 3.05) is 11.9 Å². The van der Waals surface area contributed by atoms with Crippen molar-refractivity contribution in [2.24, 2.45) is 5.14 Å². The third-order valence-corrected chi connectivity index (χ3v) is 4.40. The summed E-state index contributed by atoms with van der Waals surface area (Å²) in [6, 6.07) is 9.75. The topological polar surface area (TPSA) is 101 Å². The van der Waals surface area contributed by atoms with Gasteiger partial charge in [-0.25, -0.2) is 13.6 Å². The SMILES string of the molecule is NS(=O)(=O)c1cccc(NC(=O)CNCc2cccs2)c1. The van der Waals surface area contributed by atoms with Crippen molar-refractivity contribution in [1.82, 2.24) is 5.32 Å². The first-order valence-corrected chi connectivity index (χ1v) is 8.53. The lowest BCUT2D eigenvalue weighted by molar-refractivity contribution is -0.115. The number of primary sulfonamides is 1. The van der Waals surface area contributed by atoms with Gasteiger partial charge in [-0.3, -0.25) is 4.79 Å². The molecule has 1 aromatic carbocycles. The highest BCUT2D eigenvalue weighted by molar-refractivity contribution is 7.89. The van der Waals surface area contributed by atoms with E-state index >= 15 is 0 Å². The Morgan fingerprint density at radius 1 is 1.24 bits per heavy atom. The maximum atomic E-state index is 11.8. The number of thiophene rings is 1. The minimum Gasteiger partial charge on any atom is -0.325 e. The first-order valence-electron chi connectivity index (χ1n) is 6.11. The fourth-order valence-electron chi connectivity index (χ4n) is 1.67. The second-order valence-electron chi connectivity index (χ2n) is 4.30. The number of benzene rings is 1. The van der Waals surface area contributed by atoms with Gasteiger partial charge in [0, 0.05) is 17.1 Å². The molecule has 0 bridgehead atoms. The van der Waals surface area contributed by atoms with Gasteiger partial charge in [0.2, 0.25) is 15.9 Å². The molecule has 112 valence electrons. The number of amides is 1. The van der Waals surface area contributed by atoms with Crippen LogP contribution in [0, 0.1) is 0 Å². The molecule has 0 fully saturated rings. The average Bonchev–Trinajstić information content (AvgIpc) is 2.91. The molecule has 0 spiro atoms. The Balaban J connectivity index is 1.88. The van der Waals surface area contributed by atoms with Crippen LogP contribution in [0.2, 0.25) is 0 Å². The molecule has 0 atom stereocenters. The van der Waals surface area contributed by atoms with E-state index in [-0.39, 0.29) is 17.3 Å². The van der Waals surface area contributed by atoms with Crippen molar-refractivity contribution in [3.63, 3.8) is 0 Å². The lowest BCUT2D eigenvalue weighted by atomic mass is 10.3. The van der Waals surface area contributed by atoms with Crippen LogP contribution < -0.4 is 15.8 Å². The zero-order valence-electron chi connectivity index (χ0n) is 11.1. The van der Waals surface area contributed by atoms with Crippen molar-refractivity contribution in [3.05, 3.63) is 46.7 Å². The predicted molar refractivity (Wildman–Crippen MR) is 82.5 cm³/mol. The molecular formula is C13H15N3O3S2. The first kappa shape index (κ1) is 15.6. The average molecular weight is 325 g/mol. The van der Waals surface area contributed by atoms with Crippen molar-refractivity contribution < 1.29 is 13.2 Å². The highest BCUT2D eigenvalue weighted by Crippen LogP contribution is 2.13. The van der Waals surface area contributed by atoms with Crippen LogP contribution in [-0.4, -0.2) is 20.9 Å². The second kappa shape index (κ2) is 6.81. The van der Waals surface area contributed by atoms with Crippen LogP contribution in [0.4, 0.5) is 5.69 Å². The largest absolute Gasteiger partial charge is 0.325 e. The third-order valence-electron chi connectivity index (χ3n) is 2.61. The normalized spacial score (nSPS) is 11.3. The van der Waals surface area contributed by atoms with Gasteiger partial charge in [0.05, 0.1) is 11.4 Å². The van der Waals surface area contributed by atoms with E-state index in [2.05, 4.69) is 10.6 Å². The van der Waals surface area contributed by atoms with Crippen LogP contribution in [0.25, 0.3) is 0 Å². The summed E-state index contributed by atoms with van der Waals surface area (Å²) in [6.45, 7) is 0.750. The highest BCUT2D eigenvalue weighted by atomic mass is 32.2. The molecule has 1 amide bonds. The molecule has 0 radical (unpaired) electrons. The summed E-state index contributed by atoms with van der Waals surface area (Å²) in [4.78, 5) is 12.9. The Kier molecular flexibility index (Phi) is 5.07. The van der Waals surface area contributed by atoms with Gasteiger partial charge in [-0.2, -0.15) is 0 Å². The fourth-order valence-corrected chi connectivity index (χ4v) is 2.90. The van der Waals surface area contributed by atoms with Crippen molar-refractivity contribution in [2.45, 2.75) is 11.4 Å². The number of hydrogen-bond acceptors (Lipinski definition) is 5. The van der Waals surface area contributed by atoms with E-state index in [1.54, 1.807) is 17.4 Å². The van der Waals surface area contributed by atoms with E-state index in [0.717, 1.165) is 4.88 Å². The Morgan fingerprint density at radius 2 is 2.05 bits per heavy atom. The zero-order chi connectivity index (χ0) is 15.3. The number of sulfonamides is 1. The van der Waals surface area contributed by atoms with Crippen molar-refractivity contribution in [3.8, 4) is 0 Å². The van der Waals surface area contributed by atoms with Crippen LogP contribution >= 0.6 is 11.3 Å². The van der Waals surface area contributed by atoms with Gasteiger partial charge >= 0.3 is 0 Å². The van der Waals surface area contributed by atoms with Crippen molar-refractivity contribution >= 4 is 33.0 Å². The number of carbonyl (C=O) groups is 1. The summed E-state index contributed by atoms with van der Waals surface area (Å²) in [6.07, 6.45) is 0. The second-order valence-corrected chi connectivity index (χ2v) is 6.90. The predicted octanol–water partition coefficient (Wildman–Crippen LogP) is 1.12. The molecule has 0 aliphatic carbocycles. The maximum Gasteiger partial charge on any atom is 0.238 e. The summed E-state index contributed by atoms with van der Waals surface area (Å²) in [5, 5.41) is 12.6.